The van der Waals surface area contributed by atoms with Gasteiger partial charge in [-0.05, 0) is 43.5 Å². The van der Waals surface area contributed by atoms with Crippen molar-refractivity contribution in [1.82, 2.24) is 10.3 Å². The van der Waals surface area contributed by atoms with Gasteiger partial charge >= 0.3 is 0 Å². The van der Waals surface area contributed by atoms with Gasteiger partial charge in [0.2, 0.25) is 5.88 Å². The number of nitrogens with zero attached hydrogens (tertiary/aromatic N) is 2. The second-order valence-corrected chi connectivity index (χ2v) is 7.29. The van der Waals surface area contributed by atoms with E-state index in [-0.39, 0.29) is 17.8 Å². The number of ether oxygens (including phenoxy) is 2. The van der Waals surface area contributed by atoms with Crippen LogP contribution in [0.1, 0.15) is 35.2 Å². The van der Waals surface area contributed by atoms with E-state index in [1.54, 1.807) is 25.3 Å². The summed E-state index contributed by atoms with van der Waals surface area (Å²) in [6.45, 7) is 4.46. The zero-order chi connectivity index (χ0) is 20.6. The van der Waals surface area contributed by atoms with E-state index in [1.807, 2.05) is 17.9 Å². The number of aryl methyl sites for hydroxylation is 1. The van der Waals surface area contributed by atoms with Crippen molar-refractivity contribution in [2.45, 2.75) is 32.2 Å². The number of halogens is 1. The van der Waals surface area contributed by atoms with Crippen molar-refractivity contribution in [2.24, 2.45) is 0 Å². The summed E-state index contributed by atoms with van der Waals surface area (Å²) in [6.07, 6.45) is 4.05. The van der Waals surface area contributed by atoms with E-state index in [4.69, 9.17) is 9.47 Å². The van der Waals surface area contributed by atoms with Gasteiger partial charge in [0.15, 0.2) is 0 Å². The molecular formula is C22H28FN3O3. The lowest BCUT2D eigenvalue weighted by Gasteiger charge is -2.35. The van der Waals surface area contributed by atoms with Crippen molar-refractivity contribution in [3.63, 3.8) is 0 Å². The summed E-state index contributed by atoms with van der Waals surface area (Å²) < 4.78 is 24.7. The Labute approximate surface area is 171 Å². The van der Waals surface area contributed by atoms with Crippen LogP contribution in [0, 0.1) is 12.7 Å². The SMILES string of the molecule is COCCCOc1ccc(C(=O)NC2CCCN(c3cc(C)ccc3F)C2)cn1. The van der Waals surface area contributed by atoms with E-state index in [0.29, 0.717) is 36.9 Å². The van der Waals surface area contributed by atoms with Gasteiger partial charge in [-0.2, -0.15) is 0 Å². The van der Waals surface area contributed by atoms with Crippen molar-refractivity contribution >= 4 is 11.6 Å². The lowest BCUT2D eigenvalue weighted by atomic mass is 10.0. The van der Waals surface area contributed by atoms with Crippen molar-refractivity contribution in [3.05, 3.63) is 53.5 Å². The molecule has 0 spiro atoms. The number of aromatic nitrogens is 1. The third kappa shape index (κ3) is 5.90. The molecule has 2 heterocycles. The fraction of sp³-hybridized carbons (Fsp3) is 0.455. The molecule has 1 N–H and O–H groups in total. The number of carbonyl (C=O) groups excluding carboxylic acids is 1. The highest BCUT2D eigenvalue weighted by atomic mass is 19.1. The summed E-state index contributed by atoms with van der Waals surface area (Å²) in [5, 5.41) is 3.05. The Morgan fingerprint density at radius 3 is 2.93 bits per heavy atom. The molecule has 3 rings (SSSR count). The first kappa shape index (κ1) is 21.0. The third-order valence-electron chi connectivity index (χ3n) is 4.94. The van der Waals surface area contributed by atoms with Crippen LogP contribution < -0.4 is 15.0 Å². The van der Waals surface area contributed by atoms with Gasteiger partial charge in [-0.25, -0.2) is 9.37 Å². The fourth-order valence-electron chi connectivity index (χ4n) is 3.43. The smallest absolute Gasteiger partial charge is 0.253 e. The molecule has 2 aromatic rings. The highest BCUT2D eigenvalue weighted by Crippen LogP contribution is 2.24. The maximum Gasteiger partial charge on any atom is 0.253 e. The maximum absolute atomic E-state index is 14.2. The molecule has 1 saturated heterocycles. The number of hydrogen-bond acceptors (Lipinski definition) is 5. The first-order chi connectivity index (χ1) is 14.1. The molecule has 1 aliphatic rings. The van der Waals surface area contributed by atoms with Crippen LogP contribution in [0.25, 0.3) is 0 Å². The van der Waals surface area contributed by atoms with Gasteiger partial charge in [0.25, 0.3) is 5.91 Å². The van der Waals surface area contributed by atoms with Crippen LogP contribution in [0.2, 0.25) is 0 Å². The molecule has 156 valence electrons. The largest absolute Gasteiger partial charge is 0.478 e. The molecule has 1 amide bonds. The minimum absolute atomic E-state index is 0.0406. The van der Waals surface area contributed by atoms with Crippen molar-refractivity contribution in [3.8, 4) is 5.88 Å². The summed E-state index contributed by atoms with van der Waals surface area (Å²) in [4.78, 5) is 18.8. The topological polar surface area (TPSA) is 63.7 Å². The van der Waals surface area contributed by atoms with Crippen LogP contribution in [-0.2, 0) is 4.74 Å². The molecule has 29 heavy (non-hydrogen) atoms. The van der Waals surface area contributed by atoms with Crippen LogP contribution in [0.5, 0.6) is 5.88 Å². The molecule has 0 bridgehead atoms. The third-order valence-corrected chi connectivity index (χ3v) is 4.94. The van der Waals surface area contributed by atoms with E-state index in [0.717, 1.165) is 31.4 Å². The minimum atomic E-state index is -0.229. The Kier molecular flexibility index (Phi) is 7.41. The van der Waals surface area contributed by atoms with Crippen LogP contribution in [0.15, 0.2) is 36.5 Å². The van der Waals surface area contributed by atoms with Crippen molar-refractivity contribution < 1.29 is 18.7 Å². The molecule has 1 fully saturated rings. The quantitative estimate of drug-likeness (QED) is 0.688. The molecule has 0 saturated carbocycles. The Balaban J connectivity index is 1.55. The lowest BCUT2D eigenvalue weighted by Crippen LogP contribution is -2.48. The summed E-state index contributed by atoms with van der Waals surface area (Å²) >= 11 is 0. The van der Waals surface area contributed by atoms with E-state index >= 15 is 0 Å². The number of rotatable bonds is 8. The Morgan fingerprint density at radius 2 is 2.17 bits per heavy atom. The molecule has 0 radical (unpaired) electrons. The number of piperidine rings is 1. The van der Waals surface area contributed by atoms with Crippen LogP contribution in [-0.4, -0.2) is 50.3 Å². The van der Waals surface area contributed by atoms with E-state index in [1.165, 1.54) is 12.3 Å². The molecule has 6 nitrogen and oxygen atoms in total. The van der Waals surface area contributed by atoms with Crippen molar-refractivity contribution in [1.29, 1.82) is 0 Å². The normalized spacial score (nSPS) is 16.5. The average molecular weight is 401 g/mol. The molecule has 1 aromatic heterocycles. The standard InChI is InChI=1S/C22H28FN3O3/c1-16-6-8-19(23)20(13-16)26-10-3-5-18(15-26)25-22(27)17-7-9-21(24-14-17)29-12-4-11-28-2/h6-9,13-14,18H,3-5,10-12,15H2,1-2H3,(H,25,27). The molecule has 7 heteroatoms. The van der Waals surface area contributed by atoms with Gasteiger partial charge in [-0.1, -0.05) is 6.07 Å². The van der Waals surface area contributed by atoms with Gasteiger partial charge in [-0.15, -0.1) is 0 Å². The van der Waals surface area contributed by atoms with E-state index in [9.17, 15) is 9.18 Å². The fourth-order valence-corrected chi connectivity index (χ4v) is 3.43. The summed E-state index contributed by atoms with van der Waals surface area (Å²) in [7, 11) is 1.65. The minimum Gasteiger partial charge on any atom is -0.478 e. The molecular weight excluding hydrogens is 373 g/mol. The highest BCUT2D eigenvalue weighted by Gasteiger charge is 2.24. The zero-order valence-electron chi connectivity index (χ0n) is 17.0. The maximum atomic E-state index is 14.2. The second kappa shape index (κ2) is 10.2. The van der Waals surface area contributed by atoms with Crippen LogP contribution in [0.4, 0.5) is 10.1 Å². The van der Waals surface area contributed by atoms with Gasteiger partial charge in [0, 0.05) is 51.5 Å². The van der Waals surface area contributed by atoms with E-state index < -0.39 is 0 Å². The number of anilines is 1. The zero-order valence-corrected chi connectivity index (χ0v) is 17.0. The second-order valence-electron chi connectivity index (χ2n) is 7.29. The first-order valence-corrected chi connectivity index (χ1v) is 9.96. The van der Waals surface area contributed by atoms with Gasteiger partial charge in [0.1, 0.15) is 5.82 Å². The van der Waals surface area contributed by atoms with Gasteiger partial charge < -0.3 is 19.7 Å². The number of benzene rings is 1. The highest BCUT2D eigenvalue weighted by molar-refractivity contribution is 5.94. The Bertz CT molecular complexity index is 813. The number of pyridine rings is 1. The summed E-state index contributed by atoms with van der Waals surface area (Å²) in [5.74, 6) is 0.0734. The number of amides is 1. The molecule has 1 atom stereocenters. The molecule has 0 aliphatic carbocycles. The number of methoxy groups -OCH3 is 1. The lowest BCUT2D eigenvalue weighted by molar-refractivity contribution is 0.0932. The summed E-state index contributed by atoms with van der Waals surface area (Å²) in [6, 6.07) is 8.47. The van der Waals surface area contributed by atoms with Gasteiger partial charge in [-0.3, -0.25) is 4.79 Å². The predicted molar refractivity (Wildman–Crippen MR) is 110 cm³/mol. The monoisotopic (exact) mass is 401 g/mol. The number of carbonyl (C=O) groups is 1. The Hall–Kier alpha value is -2.67. The summed E-state index contributed by atoms with van der Waals surface area (Å²) in [5.41, 5.74) is 2.09. The van der Waals surface area contributed by atoms with Crippen LogP contribution in [0.3, 0.4) is 0 Å². The van der Waals surface area contributed by atoms with Crippen molar-refractivity contribution in [2.75, 3.05) is 38.3 Å². The predicted octanol–water partition coefficient (Wildman–Crippen LogP) is 3.34. The number of nitrogens with one attached hydrogen (secondary N) is 1. The first-order valence-electron chi connectivity index (χ1n) is 9.96. The molecule has 1 aliphatic heterocycles. The average Bonchev–Trinajstić information content (AvgIpc) is 2.73. The number of hydrogen-bond donors (Lipinski definition) is 1. The van der Waals surface area contributed by atoms with Crippen LogP contribution >= 0.6 is 0 Å². The molecule has 1 aromatic carbocycles. The molecule has 1 unspecified atom stereocenters. The Morgan fingerprint density at radius 1 is 1.31 bits per heavy atom. The van der Waals surface area contributed by atoms with E-state index in [2.05, 4.69) is 10.3 Å². The van der Waals surface area contributed by atoms with Gasteiger partial charge in [0.05, 0.1) is 17.9 Å².